The summed E-state index contributed by atoms with van der Waals surface area (Å²) in [5.74, 6) is 1.38. The number of fused-ring (bicyclic) bond motifs is 1. The van der Waals surface area contributed by atoms with Gasteiger partial charge in [-0.2, -0.15) is 0 Å². The van der Waals surface area contributed by atoms with Crippen molar-refractivity contribution in [3.63, 3.8) is 0 Å². The van der Waals surface area contributed by atoms with E-state index in [1.54, 1.807) is 11.0 Å². The summed E-state index contributed by atoms with van der Waals surface area (Å²) in [5.41, 5.74) is 2.67. The average molecular weight is 431 g/mol. The van der Waals surface area contributed by atoms with Gasteiger partial charge in [0.1, 0.15) is 5.75 Å². The van der Waals surface area contributed by atoms with E-state index in [4.69, 9.17) is 9.15 Å². The molecule has 2 aromatic carbocycles. The van der Waals surface area contributed by atoms with Crippen LogP contribution in [0.5, 0.6) is 5.75 Å². The van der Waals surface area contributed by atoms with Crippen molar-refractivity contribution < 1.29 is 18.7 Å². The molecule has 1 fully saturated rings. The Morgan fingerprint density at radius 2 is 1.88 bits per heavy atom. The lowest BCUT2D eigenvalue weighted by Crippen LogP contribution is -2.42. The number of carbonyl (C=O) groups excluding carboxylic acids is 2. The predicted octanol–water partition coefficient (Wildman–Crippen LogP) is 4.30. The van der Waals surface area contributed by atoms with Crippen molar-refractivity contribution in [3.05, 3.63) is 83.8 Å². The lowest BCUT2D eigenvalue weighted by atomic mass is 9.98. The van der Waals surface area contributed by atoms with E-state index in [-0.39, 0.29) is 17.7 Å². The van der Waals surface area contributed by atoms with Gasteiger partial charge in [-0.15, -0.1) is 0 Å². The molecule has 1 atom stereocenters. The first-order valence-corrected chi connectivity index (χ1v) is 11.1. The molecule has 164 valence electrons. The molecule has 0 N–H and O–H groups in total. The Morgan fingerprint density at radius 3 is 2.75 bits per heavy atom. The lowest BCUT2D eigenvalue weighted by Gasteiger charge is -2.32. The zero-order valence-corrected chi connectivity index (χ0v) is 17.9. The van der Waals surface area contributed by atoms with Crippen LogP contribution in [-0.2, 0) is 17.8 Å². The van der Waals surface area contributed by atoms with E-state index >= 15 is 0 Å². The molecule has 32 heavy (non-hydrogen) atoms. The van der Waals surface area contributed by atoms with Crippen LogP contribution in [0.1, 0.15) is 34.5 Å². The van der Waals surface area contributed by atoms with Gasteiger partial charge in [-0.25, -0.2) is 0 Å². The highest BCUT2D eigenvalue weighted by Crippen LogP contribution is 2.31. The molecule has 2 aliphatic rings. The highest BCUT2D eigenvalue weighted by atomic mass is 16.5. The number of anilines is 1. The number of likely N-dealkylation sites (tertiary alicyclic amines) is 1. The summed E-state index contributed by atoms with van der Waals surface area (Å²) < 4.78 is 11.5. The number of rotatable bonds is 6. The quantitative estimate of drug-likeness (QED) is 0.585. The second-order valence-electron chi connectivity index (χ2n) is 8.44. The minimum Gasteiger partial charge on any atom is -0.493 e. The molecule has 1 unspecified atom stereocenters. The van der Waals surface area contributed by atoms with Crippen LogP contribution < -0.4 is 9.64 Å². The van der Waals surface area contributed by atoms with Crippen LogP contribution in [0.3, 0.4) is 0 Å². The van der Waals surface area contributed by atoms with E-state index in [1.807, 2.05) is 59.5 Å². The monoisotopic (exact) mass is 430 g/mol. The Hall–Kier alpha value is -3.54. The first kappa shape index (κ1) is 20.4. The highest BCUT2D eigenvalue weighted by molar-refractivity contribution is 6.01. The van der Waals surface area contributed by atoms with Gasteiger partial charge < -0.3 is 19.0 Å². The number of furan rings is 1. The van der Waals surface area contributed by atoms with E-state index in [9.17, 15) is 9.59 Å². The molecule has 0 saturated carbocycles. The Bertz CT molecular complexity index is 1110. The van der Waals surface area contributed by atoms with Crippen LogP contribution in [0.2, 0.25) is 0 Å². The van der Waals surface area contributed by atoms with Crippen LogP contribution in [0.4, 0.5) is 5.69 Å². The van der Waals surface area contributed by atoms with Crippen molar-refractivity contribution >= 4 is 17.5 Å². The topological polar surface area (TPSA) is 63.0 Å². The second-order valence-corrected chi connectivity index (χ2v) is 8.44. The number of benzene rings is 2. The minimum atomic E-state index is -0.116. The summed E-state index contributed by atoms with van der Waals surface area (Å²) in [4.78, 5) is 29.4. The molecule has 0 radical (unpaired) electrons. The normalized spacial score (nSPS) is 18.0. The third-order valence-corrected chi connectivity index (χ3v) is 6.23. The van der Waals surface area contributed by atoms with Gasteiger partial charge in [0, 0.05) is 30.3 Å². The van der Waals surface area contributed by atoms with Crippen LogP contribution in [0, 0.1) is 5.92 Å². The predicted molar refractivity (Wildman–Crippen MR) is 121 cm³/mol. The van der Waals surface area contributed by atoms with Crippen LogP contribution >= 0.6 is 0 Å². The van der Waals surface area contributed by atoms with Gasteiger partial charge in [-0.3, -0.25) is 9.59 Å². The maximum Gasteiger partial charge on any atom is 0.289 e. The van der Waals surface area contributed by atoms with Crippen LogP contribution in [-0.4, -0.2) is 36.4 Å². The van der Waals surface area contributed by atoms with E-state index in [0.717, 1.165) is 35.4 Å². The largest absolute Gasteiger partial charge is 0.493 e. The van der Waals surface area contributed by atoms with Gasteiger partial charge in [0.25, 0.3) is 5.91 Å². The molecule has 1 saturated heterocycles. The summed E-state index contributed by atoms with van der Waals surface area (Å²) in [6.07, 6.45) is 3.89. The van der Waals surface area contributed by atoms with Crippen molar-refractivity contribution in [2.45, 2.75) is 25.8 Å². The third-order valence-electron chi connectivity index (χ3n) is 6.23. The number of ether oxygens (including phenoxy) is 1. The molecule has 0 spiro atoms. The van der Waals surface area contributed by atoms with Gasteiger partial charge in [0.15, 0.2) is 5.76 Å². The minimum absolute atomic E-state index is 0.0434. The standard InChI is InChI=1S/C26H26N2O4/c29-24-15-20-8-4-5-11-23(20)28(24)17-21-12-14-31-25(21)26(30)27-13-6-7-19(16-27)18-32-22-9-2-1-3-10-22/h1-5,8-12,14,19H,6-7,13,15-18H2. The zero-order chi connectivity index (χ0) is 21.9. The van der Waals surface area contributed by atoms with Crippen molar-refractivity contribution in [2.24, 2.45) is 5.92 Å². The fraction of sp³-hybridized carbons (Fsp3) is 0.308. The summed E-state index contributed by atoms with van der Waals surface area (Å²) in [6.45, 7) is 2.25. The van der Waals surface area contributed by atoms with Gasteiger partial charge >= 0.3 is 0 Å². The summed E-state index contributed by atoms with van der Waals surface area (Å²) in [6, 6.07) is 19.3. The van der Waals surface area contributed by atoms with Crippen molar-refractivity contribution in [1.82, 2.24) is 4.90 Å². The molecular formula is C26H26N2O4. The van der Waals surface area contributed by atoms with Crippen molar-refractivity contribution in [1.29, 1.82) is 0 Å². The van der Waals surface area contributed by atoms with Crippen LogP contribution in [0.15, 0.2) is 71.3 Å². The van der Waals surface area contributed by atoms with E-state index in [2.05, 4.69) is 0 Å². The SMILES string of the molecule is O=C(c1occc1CN1C(=O)Cc2ccccc21)N1CCCC(COc2ccccc2)C1. The molecular weight excluding hydrogens is 404 g/mol. The lowest BCUT2D eigenvalue weighted by molar-refractivity contribution is -0.117. The Balaban J connectivity index is 1.25. The first-order valence-electron chi connectivity index (χ1n) is 11.1. The fourth-order valence-electron chi connectivity index (χ4n) is 4.57. The first-order chi connectivity index (χ1) is 15.7. The summed E-state index contributed by atoms with van der Waals surface area (Å²) in [7, 11) is 0. The maximum absolute atomic E-state index is 13.3. The molecule has 5 rings (SSSR count). The van der Waals surface area contributed by atoms with Crippen molar-refractivity contribution in [3.8, 4) is 5.75 Å². The number of amides is 2. The molecule has 0 bridgehead atoms. The second kappa shape index (κ2) is 8.91. The highest BCUT2D eigenvalue weighted by Gasteiger charge is 2.31. The van der Waals surface area contributed by atoms with Gasteiger partial charge in [-0.05, 0) is 42.7 Å². The number of nitrogens with zero attached hydrogens (tertiary/aromatic N) is 2. The maximum atomic E-state index is 13.3. The average Bonchev–Trinajstić information content (AvgIpc) is 3.42. The summed E-state index contributed by atoms with van der Waals surface area (Å²) >= 11 is 0. The Labute approximate surface area is 187 Å². The Morgan fingerprint density at radius 1 is 1.06 bits per heavy atom. The fourth-order valence-corrected chi connectivity index (χ4v) is 4.57. The van der Waals surface area contributed by atoms with E-state index in [0.29, 0.717) is 38.4 Å². The number of hydrogen-bond donors (Lipinski definition) is 0. The number of hydrogen-bond acceptors (Lipinski definition) is 4. The molecule has 6 heteroatoms. The molecule has 2 amide bonds. The zero-order valence-electron chi connectivity index (χ0n) is 17.9. The number of piperidine rings is 1. The van der Waals surface area contributed by atoms with Gasteiger partial charge in [0.2, 0.25) is 5.91 Å². The van der Waals surface area contributed by atoms with E-state index in [1.165, 1.54) is 6.26 Å². The number of para-hydroxylation sites is 2. The number of carbonyl (C=O) groups is 2. The molecule has 0 aliphatic carbocycles. The molecule has 3 aromatic rings. The van der Waals surface area contributed by atoms with Gasteiger partial charge in [-0.1, -0.05) is 36.4 Å². The van der Waals surface area contributed by atoms with Crippen molar-refractivity contribution in [2.75, 3.05) is 24.6 Å². The smallest absolute Gasteiger partial charge is 0.289 e. The van der Waals surface area contributed by atoms with Gasteiger partial charge in [0.05, 0.1) is 25.8 Å². The van der Waals surface area contributed by atoms with Crippen LogP contribution in [0.25, 0.3) is 0 Å². The Kier molecular flexibility index (Phi) is 5.67. The molecule has 3 heterocycles. The molecule has 6 nitrogen and oxygen atoms in total. The molecule has 2 aliphatic heterocycles. The van der Waals surface area contributed by atoms with E-state index < -0.39 is 0 Å². The third kappa shape index (κ3) is 4.13. The summed E-state index contributed by atoms with van der Waals surface area (Å²) in [5, 5.41) is 0. The molecule has 1 aromatic heterocycles.